The minimum Gasteiger partial charge on any atom is -0.326 e. The second kappa shape index (κ2) is 9.65. The quantitative estimate of drug-likeness (QED) is 0.444. The van der Waals surface area contributed by atoms with Gasteiger partial charge in [0.05, 0.1) is 10.5 Å². The van der Waals surface area contributed by atoms with E-state index in [4.69, 9.17) is 12.2 Å². The number of carbonyl (C=O) groups excluding carboxylic acids is 2. The fourth-order valence-corrected chi connectivity index (χ4v) is 4.21. The normalized spacial score (nSPS) is 15.6. The molecular formula is C22H19F3N2O2S2. The third-order valence-corrected chi connectivity index (χ3v) is 5.89. The van der Waals surface area contributed by atoms with E-state index in [1.165, 1.54) is 28.8 Å². The van der Waals surface area contributed by atoms with Gasteiger partial charge in [-0.15, -0.1) is 0 Å². The van der Waals surface area contributed by atoms with Crippen molar-refractivity contribution in [2.75, 3.05) is 11.9 Å². The van der Waals surface area contributed by atoms with Crippen LogP contribution in [0.1, 0.15) is 29.5 Å². The van der Waals surface area contributed by atoms with Gasteiger partial charge in [-0.2, -0.15) is 13.2 Å². The first-order chi connectivity index (χ1) is 14.6. The molecule has 0 aliphatic carbocycles. The zero-order valence-electron chi connectivity index (χ0n) is 16.5. The van der Waals surface area contributed by atoms with Crippen LogP contribution < -0.4 is 5.32 Å². The SMILES string of the molecule is Cc1ccc(/C=C2\SC(=S)N(CCCC(=O)Nc3cccc(C(F)(F)F)c3)C2=O)cc1. The second-order valence-corrected chi connectivity index (χ2v) is 8.65. The van der Waals surface area contributed by atoms with Gasteiger partial charge in [-0.25, -0.2) is 0 Å². The number of amides is 2. The highest BCUT2D eigenvalue weighted by Crippen LogP contribution is 2.33. The van der Waals surface area contributed by atoms with Crippen molar-refractivity contribution < 1.29 is 22.8 Å². The lowest BCUT2D eigenvalue weighted by Gasteiger charge is -2.14. The zero-order valence-corrected chi connectivity index (χ0v) is 18.2. The van der Waals surface area contributed by atoms with Gasteiger partial charge in [-0.1, -0.05) is 59.9 Å². The van der Waals surface area contributed by atoms with Gasteiger partial charge in [0.25, 0.3) is 5.91 Å². The molecule has 1 aliphatic rings. The smallest absolute Gasteiger partial charge is 0.326 e. The van der Waals surface area contributed by atoms with Gasteiger partial charge in [0.15, 0.2) is 0 Å². The van der Waals surface area contributed by atoms with Crippen molar-refractivity contribution in [1.29, 1.82) is 0 Å². The van der Waals surface area contributed by atoms with Gasteiger partial charge in [-0.05, 0) is 43.2 Å². The lowest BCUT2D eigenvalue weighted by molar-refractivity contribution is -0.137. The van der Waals surface area contributed by atoms with E-state index in [0.717, 1.165) is 23.3 Å². The van der Waals surface area contributed by atoms with Gasteiger partial charge in [0.2, 0.25) is 5.91 Å². The highest BCUT2D eigenvalue weighted by Gasteiger charge is 2.32. The Balaban J connectivity index is 1.53. The fourth-order valence-electron chi connectivity index (χ4n) is 2.90. The summed E-state index contributed by atoms with van der Waals surface area (Å²) < 4.78 is 38.7. The Bertz CT molecular complexity index is 1030. The summed E-state index contributed by atoms with van der Waals surface area (Å²) in [6.45, 7) is 2.23. The fraction of sp³-hybridized carbons (Fsp3) is 0.227. The summed E-state index contributed by atoms with van der Waals surface area (Å²) in [5.41, 5.74) is 1.26. The predicted molar refractivity (Wildman–Crippen MR) is 120 cm³/mol. The lowest BCUT2D eigenvalue weighted by atomic mass is 10.1. The van der Waals surface area contributed by atoms with Crippen molar-refractivity contribution >= 4 is 51.9 Å². The van der Waals surface area contributed by atoms with Crippen LogP contribution in [0, 0.1) is 6.92 Å². The first kappa shape index (κ1) is 23.0. The van der Waals surface area contributed by atoms with E-state index in [-0.39, 0.29) is 24.6 Å². The highest BCUT2D eigenvalue weighted by molar-refractivity contribution is 8.26. The summed E-state index contributed by atoms with van der Waals surface area (Å²) in [4.78, 5) is 26.7. The van der Waals surface area contributed by atoms with Crippen molar-refractivity contribution in [3.05, 3.63) is 70.1 Å². The molecule has 0 spiro atoms. The van der Waals surface area contributed by atoms with Crippen LogP contribution in [0.3, 0.4) is 0 Å². The first-order valence-electron chi connectivity index (χ1n) is 9.42. The van der Waals surface area contributed by atoms with E-state index in [2.05, 4.69) is 5.32 Å². The van der Waals surface area contributed by atoms with Crippen molar-refractivity contribution in [2.45, 2.75) is 25.9 Å². The Morgan fingerprint density at radius 3 is 2.58 bits per heavy atom. The van der Waals surface area contributed by atoms with E-state index in [1.807, 2.05) is 31.2 Å². The molecule has 0 aromatic heterocycles. The van der Waals surface area contributed by atoms with Gasteiger partial charge in [0, 0.05) is 18.7 Å². The molecule has 31 heavy (non-hydrogen) atoms. The standard InChI is InChI=1S/C22H19F3N2O2S2/c1-14-7-9-15(10-8-14)12-18-20(29)27(21(30)31-18)11-3-6-19(28)26-17-5-2-4-16(13-17)22(23,24)25/h2,4-5,7-10,12-13H,3,6,11H2,1H3,(H,26,28)/b18-12-. The number of rotatable bonds is 6. The summed E-state index contributed by atoms with van der Waals surface area (Å²) in [6.07, 6.45) is -2.33. The Kier molecular flexibility index (Phi) is 7.17. The van der Waals surface area contributed by atoms with Crippen molar-refractivity contribution in [1.82, 2.24) is 4.90 Å². The van der Waals surface area contributed by atoms with Crippen LogP contribution in [-0.4, -0.2) is 27.6 Å². The zero-order chi connectivity index (χ0) is 22.6. The number of thiocarbonyl (C=S) groups is 1. The lowest BCUT2D eigenvalue weighted by Crippen LogP contribution is -2.29. The minimum atomic E-state index is -4.48. The molecule has 0 bridgehead atoms. The Hall–Kier alpha value is -2.65. The van der Waals surface area contributed by atoms with E-state index in [1.54, 1.807) is 6.08 Å². The number of carbonyl (C=O) groups is 2. The van der Waals surface area contributed by atoms with Crippen LogP contribution in [0.25, 0.3) is 6.08 Å². The maximum atomic E-state index is 12.8. The topological polar surface area (TPSA) is 49.4 Å². The van der Waals surface area contributed by atoms with E-state index < -0.39 is 17.6 Å². The number of aryl methyl sites for hydroxylation is 1. The number of benzene rings is 2. The average molecular weight is 465 g/mol. The molecule has 0 unspecified atom stereocenters. The first-order valence-corrected chi connectivity index (χ1v) is 10.6. The van der Waals surface area contributed by atoms with Crippen molar-refractivity contribution in [2.24, 2.45) is 0 Å². The Morgan fingerprint density at radius 1 is 1.19 bits per heavy atom. The summed E-state index contributed by atoms with van der Waals surface area (Å²) in [7, 11) is 0. The highest BCUT2D eigenvalue weighted by atomic mass is 32.2. The minimum absolute atomic E-state index is 0.0459. The number of anilines is 1. The molecule has 1 heterocycles. The molecule has 1 aliphatic heterocycles. The maximum absolute atomic E-state index is 12.8. The molecule has 0 radical (unpaired) electrons. The number of thioether (sulfide) groups is 1. The van der Waals surface area contributed by atoms with Crippen LogP contribution in [0.5, 0.6) is 0 Å². The molecule has 162 valence electrons. The molecule has 1 saturated heterocycles. The number of hydrogen-bond donors (Lipinski definition) is 1. The Morgan fingerprint density at radius 2 is 1.90 bits per heavy atom. The van der Waals surface area contributed by atoms with Gasteiger partial charge in [-0.3, -0.25) is 14.5 Å². The number of hydrogen-bond acceptors (Lipinski definition) is 4. The summed E-state index contributed by atoms with van der Waals surface area (Å²) in [6, 6.07) is 12.2. The molecule has 9 heteroatoms. The summed E-state index contributed by atoms with van der Waals surface area (Å²) >= 11 is 6.49. The van der Waals surface area contributed by atoms with Crippen LogP contribution in [-0.2, 0) is 15.8 Å². The van der Waals surface area contributed by atoms with Gasteiger partial charge in [0.1, 0.15) is 4.32 Å². The van der Waals surface area contributed by atoms with E-state index in [0.29, 0.717) is 15.6 Å². The average Bonchev–Trinajstić information content (AvgIpc) is 2.96. The molecule has 2 amide bonds. The van der Waals surface area contributed by atoms with E-state index in [9.17, 15) is 22.8 Å². The molecule has 0 saturated carbocycles. The molecule has 3 rings (SSSR count). The van der Waals surface area contributed by atoms with E-state index >= 15 is 0 Å². The number of nitrogens with zero attached hydrogens (tertiary/aromatic N) is 1. The Labute approximate surface area is 187 Å². The van der Waals surface area contributed by atoms with Crippen LogP contribution >= 0.6 is 24.0 Å². The molecular weight excluding hydrogens is 445 g/mol. The predicted octanol–water partition coefficient (Wildman–Crippen LogP) is 5.63. The van der Waals surface area contributed by atoms with Crippen molar-refractivity contribution in [3.8, 4) is 0 Å². The third-order valence-electron chi connectivity index (χ3n) is 4.51. The second-order valence-electron chi connectivity index (χ2n) is 6.97. The van der Waals surface area contributed by atoms with Crippen molar-refractivity contribution in [3.63, 3.8) is 0 Å². The molecule has 2 aromatic carbocycles. The van der Waals surface area contributed by atoms with Gasteiger partial charge < -0.3 is 5.32 Å². The molecule has 2 aromatic rings. The summed E-state index contributed by atoms with van der Waals surface area (Å²) in [5.74, 6) is -0.645. The molecule has 1 N–H and O–H groups in total. The number of alkyl halides is 3. The number of halogens is 3. The summed E-state index contributed by atoms with van der Waals surface area (Å²) in [5, 5.41) is 2.46. The van der Waals surface area contributed by atoms with Gasteiger partial charge >= 0.3 is 6.18 Å². The van der Waals surface area contributed by atoms with Crippen LogP contribution in [0.2, 0.25) is 0 Å². The molecule has 4 nitrogen and oxygen atoms in total. The maximum Gasteiger partial charge on any atom is 0.416 e. The monoisotopic (exact) mass is 464 g/mol. The third kappa shape index (κ3) is 6.18. The van der Waals surface area contributed by atoms with Crippen LogP contribution in [0.4, 0.5) is 18.9 Å². The largest absolute Gasteiger partial charge is 0.416 e. The molecule has 1 fully saturated rings. The molecule has 0 atom stereocenters. The number of nitrogens with one attached hydrogen (secondary N) is 1. The van der Waals surface area contributed by atoms with Crippen LogP contribution in [0.15, 0.2) is 53.4 Å².